The minimum Gasteiger partial charge on any atom is -0.465 e. The number of ether oxygens (including phenoxy) is 2. The van der Waals surface area contributed by atoms with E-state index in [9.17, 15) is 22.8 Å². The molecule has 10 heteroatoms. The lowest BCUT2D eigenvalue weighted by atomic mass is 10.0. The van der Waals surface area contributed by atoms with E-state index in [0.29, 0.717) is 16.7 Å². The van der Waals surface area contributed by atoms with Crippen molar-refractivity contribution in [3.8, 4) is 11.3 Å². The second-order valence-electron chi connectivity index (χ2n) is 6.94. The summed E-state index contributed by atoms with van der Waals surface area (Å²) in [6, 6.07) is 17.7. The fourth-order valence-corrected chi connectivity index (χ4v) is 3.33. The number of esters is 1. The predicted octanol–water partition coefficient (Wildman–Crippen LogP) is 5.22. The number of alkyl halides is 2. The van der Waals surface area contributed by atoms with Gasteiger partial charge in [-0.15, -0.1) is 4.39 Å². The third-order valence-corrected chi connectivity index (χ3v) is 4.86. The highest BCUT2D eigenvalue weighted by Gasteiger charge is 2.19. The van der Waals surface area contributed by atoms with E-state index in [1.807, 2.05) is 0 Å². The van der Waals surface area contributed by atoms with Crippen LogP contribution in [0.25, 0.3) is 16.9 Å². The summed E-state index contributed by atoms with van der Waals surface area (Å²) >= 11 is 0. The molecule has 0 amide bonds. The molecular weight excluding hydrogens is 451 g/mol. The van der Waals surface area contributed by atoms with Gasteiger partial charge in [0.15, 0.2) is 11.6 Å². The number of aromatic nitrogens is 2. The molecule has 0 saturated heterocycles. The van der Waals surface area contributed by atoms with Crippen molar-refractivity contribution in [1.29, 1.82) is 0 Å². The molecule has 2 aromatic carbocycles. The molecular formula is C24H16F3N3O4. The van der Waals surface area contributed by atoms with Crippen molar-refractivity contribution in [3.63, 3.8) is 0 Å². The topological polar surface area (TPSA) is 82.3 Å². The maximum Gasteiger partial charge on any atom is 0.390 e. The van der Waals surface area contributed by atoms with Crippen molar-refractivity contribution in [3.05, 3.63) is 89.6 Å². The van der Waals surface area contributed by atoms with E-state index in [0.717, 1.165) is 0 Å². The number of ketones is 1. The van der Waals surface area contributed by atoms with Crippen LogP contribution >= 0.6 is 0 Å². The molecule has 4 rings (SSSR count). The lowest BCUT2D eigenvalue weighted by Gasteiger charge is -2.07. The maximum atomic E-state index is 13.9. The van der Waals surface area contributed by atoms with Crippen molar-refractivity contribution >= 4 is 29.4 Å². The average Bonchev–Trinajstić information content (AvgIpc) is 3.19. The molecule has 0 bridgehead atoms. The standard InChI is InChI=1S/C24H16F3N3O4/c1-33-22(32)16-9-7-14(8-10-16)19-21(29-24(27)34-23(25)26)28-18-12-11-17(13-30(18)19)20(31)15-5-3-2-4-6-15/h2-13,23H,1H3. The Balaban J connectivity index is 1.87. The normalized spacial score (nSPS) is 11.6. The molecule has 2 aromatic heterocycles. The maximum absolute atomic E-state index is 13.9. The number of halogens is 3. The number of carbonyl (C=O) groups excluding carboxylic acids is 2. The van der Waals surface area contributed by atoms with E-state index < -0.39 is 18.7 Å². The first-order valence-corrected chi connectivity index (χ1v) is 9.87. The van der Waals surface area contributed by atoms with Crippen LogP contribution in [0.4, 0.5) is 19.0 Å². The largest absolute Gasteiger partial charge is 0.465 e. The van der Waals surface area contributed by atoms with Crippen LogP contribution in [0.15, 0.2) is 77.9 Å². The minimum atomic E-state index is -3.40. The van der Waals surface area contributed by atoms with E-state index in [-0.39, 0.29) is 28.5 Å². The zero-order chi connectivity index (χ0) is 24.2. The summed E-state index contributed by atoms with van der Waals surface area (Å²) in [5.41, 5.74) is 1.93. The molecule has 0 N–H and O–H groups in total. The fourth-order valence-electron chi connectivity index (χ4n) is 3.33. The molecule has 7 nitrogen and oxygen atoms in total. The highest BCUT2D eigenvalue weighted by molar-refractivity contribution is 6.09. The summed E-state index contributed by atoms with van der Waals surface area (Å²) in [4.78, 5) is 32.3. The third-order valence-electron chi connectivity index (χ3n) is 4.86. The molecule has 34 heavy (non-hydrogen) atoms. The molecule has 4 aromatic rings. The van der Waals surface area contributed by atoms with Crippen LogP contribution in [0, 0.1) is 0 Å². The fraction of sp³-hybridized carbons (Fsp3) is 0.0833. The van der Waals surface area contributed by atoms with Gasteiger partial charge in [-0.25, -0.2) is 9.78 Å². The number of fused-ring (bicyclic) bond motifs is 1. The first-order chi connectivity index (χ1) is 16.4. The lowest BCUT2D eigenvalue weighted by Crippen LogP contribution is -2.04. The molecule has 0 aliphatic carbocycles. The van der Waals surface area contributed by atoms with Gasteiger partial charge in [0.1, 0.15) is 5.65 Å². The lowest BCUT2D eigenvalue weighted by molar-refractivity contribution is -0.0688. The Bertz CT molecular complexity index is 1380. The van der Waals surface area contributed by atoms with Gasteiger partial charge in [-0.1, -0.05) is 42.5 Å². The van der Waals surface area contributed by atoms with Crippen molar-refractivity contribution in [2.24, 2.45) is 4.99 Å². The van der Waals surface area contributed by atoms with Crippen LogP contribution in [0.1, 0.15) is 26.3 Å². The van der Waals surface area contributed by atoms with Gasteiger partial charge in [-0.2, -0.15) is 13.8 Å². The molecule has 0 saturated carbocycles. The Kier molecular flexibility index (Phi) is 6.39. The second-order valence-corrected chi connectivity index (χ2v) is 6.94. The number of hydrogen-bond donors (Lipinski definition) is 0. The highest BCUT2D eigenvalue weighted by atomic mass is 19.3. The number of rotatable bonds is 6. The molecule has 0 unspecified atom stereocenters. The van der Waals surface area contributed by atoms with Crippen LogP contribution in [0.5, 0.6) is 0 Å². The number of methoxy groups -OCH3 is 1. The van der Waals surface area contributed by atoms with E-state index in [1.165, 1.54) is 48.0 Å². The van der Waals surface area contributed by atoms with Crippen molar-refractivity contribution < 1.29 is 32.2 Å². The molecule has 0 fully saturated rings. The van der Waals surface area contributed by atoms with E-state index in [4.69, 9.17) is 0 Å². The van der Waals surface area contributed by atoms with Gasteiger partial charge in [0, 0.05) is 22.9 Å². The quantitative estimate of drug-likeness (QED) is 0.168. The summed E-state index contributed by atoms with van der Waals surface area (Å²) in [5, 5.41) is 0. The molecule has 0 aliphatic heterocycles. The summed E-state index contributed by atoms with van der Waals surface area (Å²) in [7, 11) is 1.24. The van der Waals surface area contributed by atoms with Gasteiger partial charge in [-0.3, -0.25) is 9.20 Å². The number of pyridine rings is 1. The van der Waals surface area contributed by atoms with E-state index >= 15 is 0 Å². The molecule has 0 spiro atoms. The Hall–Kier alpha value is -4.47. The number of nitrogens with zero attached hydrogens (tertiary/aromatic N) is 3. The van der Waals surface area contributed by atoms with Crippen LogP contribution in [0.3, 0.4) is 0 Å². The average molecular weight is 467 g/mol. The van der Waals surface area contributed by atoms with Gasteiger partial charge < -0.3 is 9.47 Å². The number of benzene rings is 2. The highest BCUT2D eigenvalue weighted by Crippen LogP contribution is 2.32. The van der Waals surface area contributed by atoms with Crippen molar-refractivity contribution in [1.82, 2.24) is 9.38 Å². The van der Waals surface area contributed by atoms with Gasteiger partial charge in [-0.05, 0) is 24.3 Å². The monoisotopic (exact) mass is 467 g/mol. The van der Waals surface area contributed by atoms with Gasteiger partial charge in [0.2, 0.25) is 0 Å². The second kappa shape index (κ2) is 9.57. The van der Waals surface area contributed by atoms with E-state index in [1.54, 1.807) is 36.4 Å². The van der Waals surface area contributed by atoms with Crippen LogP contribution in [0.2, 0.25) is 0 Å². The van der Waals surface area contributed by atoms with Gasteiger partial charge in [0.05, 0.1) is 18.4 Å². The molecule has 2 heterocycles. The van der Waals surface area contributed by atoms with Crippen molar-refractivity contribution in [2.75, 3.05) is 7.11 Å². The number of aliphatic imine (C=N–C) groups is 1. The number of carbonyl (C=O) groups is 2. The predicted molar refractivity (Wildman–Crippen MR) is 117 cm³/mol. The summed E-state index contributed by atoms with van der Waals surface area (Å²) in [6.07, 6.45) is -0.280. The number of hydrogen-bond acceptors (Lipinski definition) is 6. The molecule has 0 radical (unpaired) electrons. The Morgan fingerprint density at radius 2 is 1.62 bits per heavy atom. The van der Waals surface area contributed by atoms with Crippen LogP contribution < -0.4 is 0 Å². The van der Waals surface area contributed by atoms with Crippen LogP contribution in [-0.4, -0.2) is 41.0 Å². The first kappa shape index (κ1) is 22.7. The summed E-state index contributed by atoms with van der Waals surface area (Å²) < 4.78 is 48.6. The number of imidazole rings is 1. The Morgan fingerprint density at radius 3 is 2.26 bits per heavy atom. The van der Waals surface area contributed by atoms with E-state index in [2.05, 4.69) is 19.5 Å². The van der Waals surface area contributed by atoms with Crippen molar-refractivity contribution in [2.45, 2.75) is 6.61 Å². The SMILES string of the molecule is COC(=O)c1ccc(-c2c(N=C(F)OC(F)F)nc3ccc(C(=O)c4ccccc4)cn23)cc1. The Labute approximate surface area is 191 Å². The zero-order valence-electron chi connectivity index (χ0n) is 17.6. The van der Waals surface area contributed by atoms with Gasteiger partial charge in [0.25, 0.3) is 0 Å². The van der Waals surface area contributed by atoms with Crippen LogP contribution in [-0.2, 0) is 9.47 Å². The summed E-state index contributed by atoms with van der Waals surface area (Å²) in [5.74, 6) is -1.08. The molecule has 0 atom stereocenters. The smallest absolute Gasteiger partial charge is 0.390 e. The summed E-state index contributed by atoms with van der Waals surface area (Å²) in [6.45, 7) is -3.40. The Morgan fingerprint density at radius 1 is 0.941 bits per heavy atom. The zero-order valence-corrected chi connectivity index (χ0v) is 17.6. The third kappa shape index (κ3) is 4.65. The minimum absolute atomic E-state index is 0.196. The molecule has 172 valence electrons. The first-order valence-electron chi connectivity index (χ1n) is 9.87. The van der Waals surface area contributed by atoms with Gasteiger partial charge >= 0.3 is 18.7 Å². The molecule has 0 aliphatic rings.